The molecular weight excluding hydrogens is 172 g/mol. The Balaban J connectivity index is 3.47. The van der Waals surface area contributed by atoms with Gasteiger partial charge in [0.15, 0.2) is 11.5 Å². The molecule has 1 aromatic rings. The highest BCUT2D eigenvalue weighted by molar-refractivity contribution is 5.60. The van der Waals surface area contributed by atoms with E-state index < -0.39 is 5.56 Å². The van der Waals surface area contributed by atoms with Gasteiger partial charge in [-0.05, 0) is 0 Å². The molecule has 0 amide bonds. The minimum absolute atomic E-state index is 0.0149. The molecule has 0 aliphatic heterocycles. The second kappa shape index (κ2) is 3.21. The number of rotatable bonds is 2. The number of hydrogen-bond donors (Lipinski definition) is 3. The van der Waals surface area contributed by atoms with Gasteiger partial charge in [-0.3, -0.25) is 9.78 Å². The van der Waals surface area contributed by atoms with E-state index in [9.17, 15) is 4.79 Å². The highest BCUT2D eigenvalue weighted by Crippen LogP contribution is 2.19. The van der Waals surface area contributed by atoms with E-state index in [2.05, 4.69) is 15.1 Å². The number of nitrogens with zero attached hydrogens (tertiary/aromatic N) is 3. The molecule has 0 radical (unpaired) electrons. The third-order valence-electron chi connectivity index (χ3n) is 1.43. The van der Waals surface area contributed by atoms with Gasteiger partial charge in [-0.2, -0.15) is 4.98 Å². The van der Waals surface area contributed by atoms with Gasteiger partial charge in [-0.25, -0.2) is 5.53 Å². The number of nitrogens with two attached hydrogens (primary N) is 1. The van der Waals surface area contributed by atoms with Crippen LogP contribution in [0.5, 0.6) is 0 Å². The summed E-state index contributed by atoms with van der Waals surface area (Å²) in [7, 11) is 3.38. The van der Waals surface area contributed by atoms with Crippen molar-refractivity contribution in [2.75, 3.05) is 24.7 Å². The zero-order chi connectivity index (χ0) is 10.0. The van der Waals surface area contributed by atoms with E-state index in [1.165, 1.54) is 0 Å². The Bertz CT molecular complexity index is 381. The summed E-state index contributed by atoms with van der Waals surface area (Å²) in [6.45, 7) is 0. The van der Waals surface area contributed by atoms with Crippen LogP contribution < -0.4 is 16.2 Å². The van der Waals surface area contributed by atoms with Crippen LogP contribution in [0.3, 0.4) is 0 Å². The van der Waals surface area contributed by atoms with Crippen LogP contribution >= 0.6 is 0 Å². The maximum Gasteiger partial charge on any atom is 0.282 e. The Kier molecular flexibility index (Phi) is 2.27. The second-order valence-corrected chi connectivity index (χ2v) is 2.63. The van der Waals surface area contributed by atoms with Crippen molar-refractivity contribution in [3.05, 3.63) is 10.4 Å². The van der Waals surface area contributed by atoms with Crippen molar-refractivity contribution in [2.45, 2.75) is 0 Å². The van der Waals surface area contributed by atoms with E-state index in [0.29, 0.717) is 0 Å². The first kappa shape index (κ1) is 9.17. The summed E-state index contributed by atoms with van der Waals surface area (Å²) in [5, 5.41) is 3.08. The van der Waals surface area contributed by atoms with Gasteiger partial charge < -0.3 is 10.6 Å². The fourth-order valence-electron chi connectivity index (χ4n) is 0.885. The Morgan fingerprint density at radius 3 is 2.69 bits per heavy atom. The van der Waals surface area contributed by atoms with E-state index in [0.717, 1.165) is 0 Å². The summed E-state index contributed by atoms with van der Waals surface area (Å²) in [4.78, 5) is 18.8. The molecule has 0 atom stereocenters. The summed E-state index contributed by atoms with van der Waals surface area (Å²) >= 11 is 0. The predicted octanol–water partition coefficient (Wildman–Crippen LogP) is 0.0806. The van der Waals surface area contributed by atoms with Gasteiger partial charge in [-0.1, -0.05) is 0 Å². The van der Waals surface area contributed by atoms with Gasteiger partial charge in [0.2, 0.25) is 5.95 Å². The molecule has 0 unspecified atom stereocenters. The molecule has 0 bridgehead atoms. The zero-order valence-electron chi connectivity index (χ0n) is 7.33. The Morgan fingerprint density at radius 1 is 1.62 bits per heavy atom. The van der Waals surface area contributed by atoms with Crippen LogP contribution in [0.2, 0.25) is 0 Å². The van der Waals surface area contributed by atoms with Crippen LogP contribution in [0.25, 0.3) is 0 Å². The highest BCUT2D eigenvalue weighted by Gasteiger charge is 2.10. The zero-order valence-corrected chi connectivity index (χ0v) is 7.33. The molecule has 70 valence electrons. The minimum atomic E-state index is -0.508. The summed E-state index contributed by atoms with van der Waals surface area (Å²) in [5.41, 5.74) is 11.6. The molecule has 0 aliphatic carbocycles. The van der Waals surface area contributed by atoms with Crippen molar-refractivity contribution in [2.24, 2.45) is 5.11 Å². The summed E-state index contributed by atoms with van der Waals surface area (Å²) < 4.78 is 0. The average molecular weight is 182 g/mol. The standard InChI is InChI=1S/C6H10N6O/c1-12(2)4-3(11-8)5(13)10-6(7)9-4/h8H,1-2H3,(H3,7,9,10,13). The molecule has 4 N–H and O–H groups in total. The third-order valence-corrected chi connectivity index (χ3v) is 1.43. The number of aromatic nitrogens is 2. The lowest BCUT2D eigenvalue weighted by Crippen LogP contribution is -2.18. The molecule has 7 heteroatoms. The SMILES string of the molecule is CN(C)c1nc(N)[nH]c(=O)c1N=N. The van der Waals surface area contributed by atoms with Crippen molar-refractivity contribution in [3.8, 4) is 0 Å². The Hall–Kier alpha value is -1.92. The molecule has 13 heavy (non-hydrogen) atoms. The first-order chi connectivity index (χ1) is 6.06. The second-order valence-electron chi connectivity index (χ2n) is 2.63. The number of aromatic amines is 1. The first-order valence-corrected chi connectivity index (χ1v) is 3.51. The molecule has 7 nitrogen and oxygen atoms in total. The van der Waals surface area contributed by atoms with Crippen molar-refractivity contribution in [1.82, 2.24) is 9.97 Å². The summed E-state index contributed by atoms with van der Waals surface area (Å²) in [6.07, 6.45) is 0. The fourth-order valence-corrected chi connectivity index (χ4v) is 0.885. The lowest BCUT2D eigenvalue weighted by Gasteiger charge is -2.12. The number of nitrogens with one attached hydrogen (secondary N) is 2. The van der Waals surface area contributed by atoms with Crippen molar-refractivity contribution in [1.29, 1.82) is 5.53 Å². The van der Waals surface area contributed by atoms with E-state index >= 15 is 0 Å². The van der Waals surface area contributed by atoms with Gasteiger partial charge in [0.1, 0.15) is 0 Å². The summed E-state index contributed by atoms with van der Waals surface area (Å²) in [6, 6.07) is 0. The summed E-state index contributed by atoms with van der Waals surface area (Å²) in [5.74, 6) is 0.303. The van der Waals surface area contributed by atoms with Gasteiger partial charge in [-0.15, -0.1) is 5.11 Å². The number of H-pyrrole nitrogens is 1. The molecule has 1 aromatic heterocycles. The van der Waals surface area contributed by atoms with Gasteiger partial charge >= 0.3 is 0 Å². The molecule has 1 heterocycles. The van der Waals surface area contributed by atoms with E-state index in [1.807, 2.05) is 0 Å². The monoisotopic (exact) mass is 182 g/mol. The van der Waals surface area contributed by atoms with Gasteiger partial charge in [0.25, 0.3) is 5.56 Å². The first-order valence-electron chi connectivity index (χ1n) is 3.51. The van der Waals surface area contributed by atoms with Crippen LogP contribution in [0, 0.1) is 5.53 Å². The van der Waals surface area contributed by atoms with Crippen molar-refractivity contribution in [3.63, 3.8) is 0 Å². The van der Waals surface area contributed by atoms with Gasteiger partial charge in [0.05, 0.1) is 0 Å². The molecular formula is C6H10N6O. The van der Waals surface area contributed by atoms with Crippen LogP contribution in [0.15, 0.2) is 9.91 Å². The topological polar surface area (TPSA) is 111 Å². The molecule has 1 rings (SSSR count). The molecule has 0 saturated carbocycles. The quantitative estimate of drug-likeness (QED) is 0.562. The number of nitrogen functional groups attached to an aromatic ring is 1. The number of hydrogen-bond acceptors (Lipinski definition) is 6. The van der Waals surface area contributed by atoms with E-state index in [-0.39, 0.29) is 17.5 Å². The van der Waals surface area contributed by atoms with Crippen LogP contribution in [-0.4, -0.2) is 24.1 Å². The van der Waals surface area contributed by atoms with Crippen molar-refractivity contribution >= 4 is 17.5 Å². The maximum atomic E-state index is 11.2. The molecule has 0 aromatic carbocycles. The lowest BCUT2D eigenvalue weighted by molar-refractivity contribution is 0.998. The van der Waals surface area contributed by atoms with Crippen molar-refractivity contribution < 1.29 is 0 Å². The largest absolute Gasteiger partial charge is 0.369 e. The molecule has 0 spiro atoms. The minimum Gasteiger partial charge on any atom is -0.369 e. The highest BCUT2D eigenvalue weighted by atomic mass is 16.1. The number of anilines is 2. The average Bonchev–Trinajstić information content (AvgIpc) is 2.02. The van der Waals surface area contributed by atoms with E-state index in [4.69, 9.17) is 11.3 Å². The Labute approximate surface area is 74.1 Å². The van der Waals surface area contributed by atoms with Crippen LogP contribution in [-0.2, 0) is 0 Å². The molecule has 0 fully saturated rings. The third kappa shape index (κ3) is 1.63. The van der Waals surface area contributed by atoms with E-state index in [1.54, 1.807) is 19.0 Å². The lowest BCUT2D eigenvalue weighted by atomic mass is 10.4. The Morgan fingerprint density at radius 2 is 2.23 bits per heavy atom. The predicted molar refractivity (Wildman–Crippen MR) is 48.4 cm³/mol. The normalized spacial score (nSPS) is 9.69. The van der Waals surface area contributed by atoms with Crippen LogP contribution in [0.4, 0.5) is 17.5 Å². The molecule has 0 aliphatic rings. The smallest absolute Gasteiger partial charge is 0.282 e. The molecule has 0 saturated heterocycles. The fraction of sp³-hybridized carbons (Fsp3) is 0.333. The van der Waals surface area contributed by atoms with Gasteiger partial charge in [0, 0.05) is 14.1 Å². The maximum absolute atomic E-state index is 11.2. The van der Waals surface area contributed by atoms with Crippen LogP contribution in [0.1, 0.15) is 0 Å².